The van der Waals surface area contributed by atoms with Crippen LogP contribution in [-0.2, 0) is 6.54 Å². The van der Waals surface area contributed by atoms with Crippen molar-refractivity contribution in [1.29, 1.82) is 0 Å². The summed E-state index contributed by atoms with van der Waals surface area (Å²) in [4.78, 5) is 25.4. The molecule has 2 aromatic rings. The van der Waals surface area contributed by atoms with Crippen molar-refractivity contribution in [3.8, 4) is 0 Å². The van der Waals surface area contributed by atoms with E-state index in [9.17, 15) is 4.79 Å². The highest BCUT2D eigenvalue weighted by molar-refractivity contribution is 5.91. The maximum atomic E-state index is 12.6. The van der Waals surface area contributed by atoms with Gasteiger partial charge in [0.2, 0.25) is 0 Å². The predicted octanol–water partition coefficient (Wildman–Crippen LogP) is 3.68. The second kappa shape index (κ2) is 10.5. The molecule has 8 heteroatoms. The van der Waals surface area contributed by atoms with Crippen molar-refractivity contribution in [2.45, 2.75) is 52.1 Å². The Bertz CT molecular complexity index is 1090. The van der Waals surface area contributed by atoms with Crippen molar-refractivity contribution >= 4 is 23.4 Å². The highest BCUT2D eigenvalue weighted by Gasteiger charge is 2.40. The number of carbonyl (C=O) groups is 1. The molecule has 2 aliphatic rings. The number of hydrogen-bond acceptors (Lipinski definition) is 5. The number of aryl methyl sites for hydroxylation is 1. The number of benzene rings is 1. The molecule has 1 saturated carbocycles. The molecule has 36 heavy (non-hydrogen) atoms. The van der Waals surface area contributed by atoms with Crippen LogP contribution in [0.5, 0.6) is 0 Å². The SMILES string of the molecule is Cc1cc(N2CCN=C(N)C2)ncc1N(CC1(C)CCC([N+](C)(C)Cc2ccccc2)CC1)C(N)=O. The van der Waals surface area contributed by atoms with Crippen LogP contribution in [0.4, 0.5) is 16.3 Å². The fourth-order valence-corrected chi connectivity index (χ4v) is 5.83. The number of hydrogen-bond donors (Lipinski definition) is 2. The number of aromatic nitrogens is 1. The summed E-state index contributed by atoms with van der Waals surface area (Å²) in [5.74, 6) is 1.47. The molecule has 1 aliphatic carbocycles. The van der Waals surface area contributed by atoms with Crippen LogP contribution < -0.4 is 21.3 Å². The molecular weight excluding hydrogens is 450 g/mol. The minimum atomic E-state index is -0.425. The Morgan fingerprint density at radius 1 is 1.22 bits per heavy atom. The van der Waals surface area contributed by atoms with E-state index in [0.717, 1.165) is 60.3 Å². The zero-order valence-corrected chi connectivity index (χ0v) is 22.3. The van der Waals surface area contributed by atoms with Crippen LogP contribution in [0.3, 0.4) is 0 Å². The zero-order valence-electron chi connectivity index (χ0n) is 22.3. The zero-order chi connectivity index (χ0) is 25.9. The van der Waals surface area contributed by atoms with Crippen LogP contribution in [-0.4, -0.2) is 67.6 Å². The average molecular weight is 493 g/mol. The number of carbonyl (C=O) groups excluding carboxylic acids is 1. The van der Waals surface area contributed by atoms with Gasteiger partial charge in [-0.2, -0.15) is 0 Å². The van der Waals surface area contributed by atoms with E-state index >= 15 is 0 Å². The van der Waals surface area contributed by atoms with Crippen molar-refractivity contribution in [2.75, 3.05) is 50.1 Å². The number of amidine groups is 1. The third kappa shape index (κ3) is 5.98. The van der Waals surface area contributed by atoms with Crippen LogP contribution in [0.15, 0.2) is 47.6 Å². The standard InChI is InChI=1S/C28H41N7O/c1-21-16-26(33-15-14-31-25(29)18-33)32-17-24(21)34(27(30)36)20-28(2)12-10-23(11-13-28)35(3,4)19-22-8-6-5-7-9-22/h5-9,16-17,23H,10-15,18-20H2,1-4H3,(H3-,29,30,31,36)/p+1. The van der Waals surface area contributed by atoms with Gasteiger partial charge in [-0.1, -0.05) is 37.3 Å². The first-order valence-electron chi connectivity index (χ1n) is 13.0. The molecule has 8 nitrogen and oxygen atoms in total. The molecule has 1 fully saturated rings. The number of amides is 2. The molecule has 0 atom stereocenters. The summed E-state index contributed by atoms with van der Waals surface area (Å²) in [6, 6.07) is 12.9. The third-order valence-corrected chi connectivity index (χ3v) is 8.11. The fourth-order valence-electron chi connectivity index (χ4n) is 5.83. The van der Waals surface area contributed by atoms with Gasteiger partial charge in [0.25, 0.3) is 0 Å². The van der Waals surface area contributed by atoms with Crippen LogP contribution in [0.1, 0.15) is 43.7 Å². The third-order valence-electron chi connectivity index (χ3n) is 8.11. The van der Waals surface area contributed by atoms with Crippen molar-refractivity contribution in [1.82, 2.24) is 4.98 Å². The number of aliphatic imine (C=N–C) groups is 1. The molecule has 0 unspecified atom stereocenters. The number of nitrogens with two attached hydrogens (primary N) is 2. The predicted molar refractivity (Wildman–Crippen MR) is 147 cm³/mol. The Balaban J connectivity index is 1.43. The van der Waals surface area contributed by atoms with Gasteiger partial charge in [-0.3, -0.25) is 9.89 Å². The van der Waals surface area contributed by atoms with Gasteiger partial charge in [0.05, 0.1) is 45.1 Å². The Morgan fingerprint density at radius 2 is 1.92 bits per heavy atom. The topological polar surface area (TPSA) is 101 Å². The van der Waals surface area contributed by atoms with Crippen LogP contribution >= 0.6 is 0 Å². The summed E-state index contributed by atoms with van der Waals surface area (Å²) in [6.45, 7) is 7.97. The van der Waals surface area contributed by atoms with E-state index < -0.39 is 6.03 Å². The maximum absolute atomic E-state index is 12.6. The average Bonchev–Trinajstić information content (AvgIpc) is 2.83. The molecule has 4 N–H and O–H groups in total. The Hall–Kier alpha value is -3.13. The summed E-state index contributed by atoms with van der Waals surface area (Å²) in [7, 11) is 4.68. The maximum Gasteiger partial charge on any atom is 0.319 e. The lowest BCUT2D eigenvalue weighted by Gasteiger charge is -2.46. The molecule has 2 heterocycles. The van der Waals surface area contributed by atoms with Crippen molar-refractivity contribution < 1.29 is 9.28 Å². The number of rotatable bonds is 7. The number of primary amides is 1. The van der Waals surface area contributed by atoms with Gasteiger partial charge in [-0.05, 0) is 36.8 Å². The highest BCUT2D eigenvalue weighted by Crippen LogP contribution is 2.41. The lowest BCUT2D eigenvalue weighted by atomic mass is 9.72. The minimum Gasteiger partial charge on any atom is -0.386 e. The monoisotopic (exact) mass is 492 g/mol. The Kier molecular flexibility index (Phi) is 7.54. The number of anilines is 2. The number of quaternary nitrogens is 1. The molecule has 0 saturated heterocycles. The van der Waals surface area contributed by atoms with Gasteiger partial charge in [0, 0.05) is 31.5 Å². The van der Waals surface area contributed by atoms with E-state index in [1.165, 1.54) is 5.56 Å². The first-order valence-corrected chi connectivity index (χ1v) is 13.0. The van der Waals surface area contributed by atoms with Gasteiger partial charge in [-0.25, -0.2) is 9.78 Å². The van der Waals surface area contributed by atoms with Gasteiger partial charge in [0.15, 0.2) is 0 Å². The highest BCUT2D eigenvalue weighted by atomic mass is 16.2. The molecule has 0 radical (unpaired) electrons. The number of nitrogens with zero attached hydrogens (tertiary/aromatic N) is 5. The molecule has 1 aliphatic heterocycles. The van der Waals surface area contributed by atoms with E-state index in [0.29, 0.717) is 31.5 Å². The molecule has 1 aromatic heterocycles. The Labute approximate surface area is 215 Å². The molecular formula is C28H42N7O+. The first-order chi connectivity index (χ1) is 17.1. The number of pyridine rings is 1. The molecule has 0 bridgehead atoms. The van der Waals surface area contributed by atoms with E-state index in [4.69, 9.17) is 11.5 Å². The van der Waals surface area contributed by atoms with Gasteiger partial charge >= 0.3 is 6.03 Å². The fraction of sp³-hybridized carbons (Fsp3) is 0.536. The lowest BCUT2D eigenvalue weighted by molar-refractivity contribution is -0.929. The van der Waals surface area contributed by atoms with Crippen molar-refractivity contribution in [2.24, 2.45) is 21.9 Å². The minimum absolute atomic E-state index is 0.0151. The van der Waals surface area contributed by atoms with E-state index in [1.807, 2.05) is 13.0 Å². The van der Waals surface area contributed by atoms with E-state index in [2.05, 4.69) is 66.2 Å². The quantitative estimate of drug-likeness (QED) is 0.576. The van der Waals surface area contributed by atoms with Gasteiger partial charge in [-0.15, -0.1) is 0 Å². The smallest absolute Gasteiger partial charge is 0.319 e. The summed E-state index contributed by atoms with van der Waals surface area (Å²) in [6.07, 6.45) is 6.18. The summed E-state index contributed by atoms with van der Waals surface area (Å²) in [5.41, 5.74) is 15.0. The molecule has 4 rings (SSSR count). The van der Waals surface area contributed by atoms with Crippen LogP contribution in [0, 0.1) is 12.3 Å². The van der Waals surface area contributed by atoms with E-state index in [-0.39, 0.29) is 5.41 Å². The molecule has 194 valence electrons. The van der Waals surface area contributed by atoms with Crippen LogP contribution in [0.2, 0.25) is 0 Å². The lowest BCUT2D eigenvalue weighted by Crippen LogP contribution is -2.52. The second-order valence-electron chi connectivity index (χ2n) is 11.5. The van der Waals surface area contributed by atoms with Crippen molar-refractivity contribution in [3.63, 3.8) is 0 Å². The molecule has 0 spiro atoms. The summed E-state index contributed by atoms with van der Waals surface area (Å²) >= 11 is 0. The molecule has 2 amide bonds. The normalized spacial score (nSPS) is 22.7. The molecule has 1 aromatic carbocycles. The number of urea groups is 1. The van der Waals surface area contributed by atoms with Crippen LogP contribution in [0.25, 0.3) is 0 Å². The van der Waals surface area contributed by atoms with Crippen molar-refractivity contribution in [3.05, 3.63) is 53.7 Å². The van der Waals surface area contributed by atoms with Gasteiger partial charge in [0.1, 0.15) is 18.2 Å². The first kappa shape index (κ1) is 25.9. The van der Waals surface area contributed by atoms with Gasteiger partial charge < -0.3 is 20.9 Å². The summed E-state index contributed by atoms with van der Waals surface area (Å²) in [5, 5.41) is 0. The largest absolute Gasteiger partial charge is 0.386 e. The Morgan fingerprint density at radius 3 is 2.53 bits per heavy atom. The van der Waals surface area contributed by atoms with E-state index in [1.54, 1.807) is 11.1 Å². The second-order valence-corrected chi connectivity index (χ2v) is 11.5. The summed E-state index contributed by atoms with van der Waals surface area (Å²) < 4.78 is 0.982.